The molecule has 5 unspecified atom stereocenters. The van der Waals surface area contributed by atoms with E-state index in [0.29, 0.717) is 12.0 Å². The molecule has 3 aromatic rings. The van der Waals surface area contributed by atoms with E-state index in [1.54, 1.807) is 18.2 Å². The van der Waals surface area contributed by atoms with Crippen LogP contribution in [-0.2, 0) is 14.3 Å². The standard InChI is InChI=1S/C29H21Cl2NO6/c30-19-11-10-15(12-20(19)31)24-22(27(35)32-21-13-18(21)14-6-2-1-3-7-14)23(28(36)37)29(38-24)25(33)16-8-4-5-9-17(16)26(29)34/h1-12,18,21-24H,13H2,(H,32,35)(H,36,37). The van der Waals surface area contributed by atoms with Crippen molar-refractivity contribution in [3.05, 3.63) is 105 Å². The van der Waals surface area contributed by atoms with Crippen LogP contribution in [0.25, 0.3) is 0 Å². The fourth-order valence-corrected chi connectivity index (χ4v) is 6.14. The number of hydrogen-bond acceptors (Lipinski definition) is 5. The zero-order chi connectivity index (χ0) is 26.8. The van der Waals surface area contributed by atoms with E-state index in [1.165, 1.54) is 24.3 Å². The van der Waals surface area contributed by atoms with Gasteiger partial charge in [-0.3, -0.25) is 19.2 Å². The summed E-state index contributed by atoms with van der Waals surface area (Å²) in [5.41, 5.74) is -0.830. The lowest BCUT2D eigenvalue weighted by molar-refractivity contribution is -0.148. The van der Waals surface area contributed by atoms with E-state index in [9.17, 15) is 24.3 Å². The second-order valence-corrected chi connectivity index (χ2v) is 10.7. The van der Waals surface area contributed by atoms with Gasteiger partial charge in [0.15, 0.2) is 0 Å². The van der Waals surface area contributed by atoms with Gasteiger partial charge in [0.2, 0.25) is 23.1 Å². The van der Waals surface area contributed by atoms with Crippen molar-refractivity contribution in [1.82, 2.24) is 5.32 Å². The van der Waals surface area contributed by atoms with Crippen molar-refractivity contribution in [2.24, 2.45) is 11.8 Å². The Bertz CT molecular complexity index is 1470. The van der Waals surface area contributed by atoms with E-state index in [1.807, 2.05) is 30.3 Å². The molecule has 3 aromatic carbocycles. The Hall–Kier alpha value is -3.52. The SMILES string of the molecule is O=C(NC1CC1c1ccccc1)C1C(c2ccc(Cl)c(Cl)c2)OC2(C(=O)c3ccccc3C2=O)C1C(=O)O. The van der Waals surface area contributed by atoms with Gasteiger partial charge in [0.1, 0.15) is 5.92 Å². The molecule has 1 amide bonds. The number of ether oxygens (including phenoxy) is 1. The number of ketones is 2. The van der Waals surface area contributed by atoms with Crippen LogP contribution in [0.15, 0.2) is 72.8 Å². The van der Waals surface area contributed by atoms with E-state index in [0.717, 1.165) is 5.56 Å². The van der Waals surface area contributed by atoms with Crippen LogP contribution in [0.1, 0.15) is 50.3 Å². The van der Waals surface area contributed by atoms with Crippen molar-refractivity contribution in [1.29, 1.82) is 0 Å². The third kappa shape index (κ3) is 3.68. The highest BCUT2D eigenvalue weighted by atomic mass is 35.5. The molecule has 0 radical (unpaired) electrons. The maximum atomic E-state index is 13.8. The van der Waals surface area contributed by atoms with Gasteiger partial charge in [0.05, 0.1) is 22.1 Å². The van der Waals surface area contributed by atoms with Crippen LogP contribution in [0, 0.1) is 11.8 Å². The average molecular weight is 550 g/mol. The highest BCUT2D eigenvalue weighted by molar-refractivity contribution is 6.42. The summed E-state index contributed by atoms with van der Waals surface area (Å²) in [6, 6.07) is 20.1. The van der Waals surface area contributed by atoms with Crippen molar-refractivity contribution >= 4 is 46.6 Å². The van der Waals surface area contributed by atoms with Crippen molar-refractivity contribution < 1.29 is 29.0 Å². The van der Waals surface area contributed by atoms with Gasteiger partial charge in [0, 0.05) is 23.1 Å². The summed E-state index contributed by atoms with van der Waals surface area (Å²) in [6.07, 6.45) is -0.547. The Balaban J connectivity index is 1.42. The highest BCUT2D eigenvalue weighted by Gasteiger charge is 2.71. The molecule has 2 fully saturated rings. The summed E-state index contributed by atoms with van der Waals surface area (Å²) >= 11 is 12.3. The number of amides is 1. The minimum Gasteiger partial charge on any atom is -0.481 e. The summed E-state index contributed by atoms with van der Waals surface area (Å²) in [5, 5.41) is 13.8. The predicted octanol–water partition coefficient (Wildman–Crippen LogP) is 4.87. The average Bonchev–Trinajstić information content (AvgIpc) is 3.53. The van der Waals surface area contributed by atoms with Crippen molar-refractivity contribution in [2.45, 2.75) is 30.1 Å². The number of carbonyl (C=O) groups is 4. The molecule has 6 rings (SSSR count). The summed E-state index contributed by atoms with van der Waals surface area (Å²) < 4.78 is 6.18. The lowest BCUT2D eigenvalue weighted by Gasteiger charge is -2.25. The number of carboxylic acids is 1. The van der Waals surface area contributed by atoms with E-state index < -0.39 is 47.0 Å². The predicted molar refractivity (Wildman–Crippen MR) is 138 cm³/mol. The second kappa shape index (κ2) is 9.05. The molecule has 38 heavy (non-hydrogen) atoms. The third-order valence-electron chi connectivity index (χ3n) is 7.71. The molecule has 0 aromatic heterocycles. The normalized spacial score (nSPS) is 26.8. The molecule has 7 nitrogen and oxygen atoms in total. The Morgan fingerprint density at radius 3 is 2.11 bits per heavy atom. The van der Waals surface area contributed by atoms with E-state index in [2.05, 4.69) is 5.32 Å². The van der Waals surface area contributed by atoms with E-state index >= 15 is 0 Å². The first-order valence-electron chi connectivity index (χ1n) is 12.1. The first-order chi connectivity index (χ1) is 18.2. The minimum absolute atomic E-state index is 0.0732. The monoisotopic (exact) mass is 549 g/mol. The first-order valence-corrected chi connectivity index (χ1v) is 12.9. The maximum Gasteiger partial charge on any atom is 0.311 e. The largest absolute Gasteiger partial charge is 0.481 e. The number of aliphatic carboxylic acids is 1. The van der Waals surface area contributed by atoms with Gasteiger partial charge in [-0.2, -0.15) is 0 Å². The molecule has 1 aliphatic heterocycles. The van der Waals surface area contributed by atoms with Crippen molar-refractivity contribution in [3.8, 4) is 0 Å². The lowest BCUT2D eigenvalue weighted by atomic mass is 9.75. The molecule has 1 spiro atoms. The molecule has 1 saturated carbocycles. The number of halogens is 2. The molecular formula is C29H21Cl2NO6. The quantitative estimate of drug-likeness (QED) is 0.439. The van der Waals surface area contributed by atoms with Crippen molar-refractivity contribution in [2.75, 3.05) is 0 Å². The molecule has 2 aliphatic carbocycles. The van der Waals surface area contributed by atoms with E-state index in [4.69, 9.17) is 27.9 Å². The topological polar surface area (TPSA) is 110 Å². The van der Waals surface area contributed by atoms with Crippen LogP contribution in [0.4, 0.5) is 0 Å². The number of rotatable bonds is 5. The first kappa shape index (κ1) is 24.8. The Morgan fingerprint density at radius 2 is 1.50 bits per heavy atom. The zero-order valence-corrected chi connectivity index (χ0v) is 21.3. The Morgan fingerprint density at radius 1 is 0.868 bits per heavy atom. The Labute approximate surface area is 227 Å². The fraction of sp³-hybridized carbons (Fsp3) is 0.241. The van der Waals surface area contributed by atoms with Gasteiger partial charge < -0.3 is 15.2 Å². The van der Waals surface area contributed by atoms with Crippen LogP contribution in [0.3, 0.4) is 0 Å². The molecule has 3 aliphatic rings. The van der Waals surface area contributed by atoms with Crippen molar-refractivity contribution in [3.63, 3.8) is 0 Å². The summed E-state index contributed by atoms with van der Waals surface area (Å²) in [4.78, 5) is 54.0. The molecular weight excluding hydrogens is 529 g/mol. The molecule has 2 N–H and O–H groups in total. The van der Waals surface area contributed by atoms with Crippen LogP contribution in [0.5, 0.6) is 0 Å². The number of fused-ring (bicyclic) bond motifs is 1. The molecule has 1 heterocycles. The fourth-order valence-electron chi connectivity index (χ4n) is 5.83. The molecule has 9 heteroatoms. The van der Waals surface area contributed by atoms with Gasteiger partial charge in [-0.05, 0) is 29.7 Å². The van der Waals surface area contributed by atoms with Crippen LogP contribution in [-0.4, -0.2) is 40.2 Å². The highest BCUT2D eigenvalue weighted by Crippen LogP contribution is 2.54. The number of carbonyl (C=O) groups excluding carboxylic acids is 3. The van der Waals surface area contributed by atoms with Gasteiger partial charge in [-0.25, -0.2) is 0 Å². The van der Waals surface area contributed by atoms with Crippen LogP contribution >= 0.6 is 23.2 Å². The smallest absolute Gasteiger partial charge is 0.311 e. The molecule has 5 atom stereocenters. The number of hydrogen-bond donors (Lipinski definition) is 2. The van der Waals surface area contributed by atoms with Crippen LogP contribution in [0.2, 0.25) is 10.0 Å². The number of benzene rings is 3. The summed E-state index contributed by atoms with van der Waals surface area (Å²) in [6.45, 7) is 0. The van der Waals surface area contributed by atoms with Gasteiger partial charge in [-0.1, -0.05) is 83.9 Å². The summed E-state index contributed by atoms with van der Waals surface area (Å²) in [7, 11) is 0. The van der Waals surface area contributed by atoms with Gasteiger partial charge >= 0.3 is 5.97 Å². The third-order valence-corrected chi connectivity index (χ3v) is 8.45. The minimum atomic E-state index is -2.38. The number of nitrogens with one attached hydrogen (secondary N) is 1. The number of Topliss-reactive ketones (excluding diaryl/α,β-unsaturated/α-hetero) is 2. The summed E-state index contributed by atoms with van der Waals surface area (Å²) in [5.74, 6) is -6.67. The zero-order valence-electron chi connectivity index (χ0n) is 19.8. The molecule has 0 bridgehead atoms. The van der Waals surface area contributed by atoms with Gasteiger partial charge in [0.25, 0.3) is 0 Å². The van der Waals surface area contributed by atoms with Crippen LogP contribution < -0.4 is 5.32 Å². The Kier molecular flexibility index (Phi) is 5.90. The lowest BCUT2D eigenvalue weighted by Crippen LogP contribution is -2.52. The molecule has 192 valence electrons. The number of carboxylic acid groups (broad SMARTS) is 1. The maximum absolute atomic E-state index is 13.8. The van der Waals surface area contributed by atoms with Gasteiger partial charge in [-0.15, -0.1) is 0 Å². The van der Waals surface area contributed by atoms with E-state index in [-0.39, 0.29) is 33.1 Å². The second-order valence-electron chi connectivity index (χ2n) is 9.86. The molecule has 1 saturated heterocycles.